The molecule has 1 aliphatic heterocycles. The first-order valence-corrected chi connectivity index (χ1v) is 7.27. The summed E-state index contributed by atoms with van der Waals surface area (Å²) < 4.78 is 0. The van der Waals surface area contributed by atoms with E-state index in [1.54, 1.807) is 0 Å². The molecule has 1 aromatic carbocycles. The molecule has 98 valence electrons. The lowest BCUT2D eigenvalue weighted by atomic mass is 10.0. The zero-order valence-electron chi connectivity index (χ0n) is 11.3. The molecule has 0 spiro atoms. The van der Waals surface area contributed by atoms with Gasteiger partial charge in [-0.2, -0.15) is 0 Å². The summed E-state index contributed by atoms with van der Waals surface area (Å²) >= 11 is 0. The number of aryl methyl sites for hydroxylation is 1. The Morgan fingerprint density at radius 1 is 1.22 bits per heavy atom. The van der Waals surface area contributed by atoms with E-state index in [2.05, 4.69) is 36.1 Å². The van der Waals surface area contributed by atoms with E-state index in [4.69, 9.17) is 5.73 Å². The summed E-state index contributed by atoms with van der Waals surface area (Å²) in [5.41, 5.74) is 9.02. The number of benzene rings is 1. The molecule has 3 atom stereocenters. The van der Waals surface area contributed by atoms with Gasteiger partial charge in [-0.3, -0.25) is 0 Å². The van der Waals surface area contributed by atoms with Crippen LogP contribution < -0.4 is 5.73 Å². The van der Waals surface area contributed by atoms with Crippen LogP contribution in [0.4, 0.5) is 0 Å². The van der Waals surface area contributed by atoms with E-state index in [9.17, 15) is 0 Å². The highest BCUT2D eigenvalue weighted by atomic mass is 15.2. The molecule has 2 heteroatoms. The van der Waals surface area contributed by atoms with Gasteiger partial charge in [-0.15, -0.1) is 0 Å². The van der Waals surface area contributed by atoms with Gasteiger partial charge in [-0.25, -0.2) is 0 Å². The maximum atomic E-state index is 6.38. The van der Waals surface area contributed by atoms with Gasteiger partial charge in [-0.05, 0) is 42.7 Å². The van der Waals surface area contributed by atoms with Gasteiger partial charge in [0.1, 0.15) is 0 Å². The molecule has 1 heterocycles. The lowest BCUT2D eigenvalue weighted by molar-refractivity contribution is 0.291. The van der Waals surface area contributed by atoms with Crippen LogP contribution >= 0.6 is 0 Å². The highest BCUT2D eigenvalue weighted by molar-refractivity contribution is 5.28. The van der Waals surface area contributed by atoms with Crippen LogP contribution in [0.2, 0.25) is 0 Å². The summed E-state index contributed by atoms with van der Waals surface area (Å²) in [5, 5.41) is 0. The maximum Gasteiger partial charge on any atom is 0.0426 e. The summed E-state index contributed by atoms with van der Waals surface area (Å²) in [6, 6.07) is 8.70. The van der Waals surface area contributed by atoms with E-state index in [1.807, 2.05) is 0 Å². The van der Waals surface area contributed by atoms with Crippen LogP contribution in [0, 0.1) is 18.8 Å². The minimum Gasteiger partial charge on any atom is -0.323 e. The average Bonchev–Trinajstić information content (AvgIpc) is 2.90. The number of nitrogens with zero attached hydrogens (tertiary/aromatic N) is 1. The van der Waals surface area contributed by atoms with Crippen LogP contribution in [0.15, 0.2) is 24.3 Å². The summed E-state index contributed by atoms with van der Waals surface area (Å²) in [6.45, 7) is 5.75. The number of hydrogen-bond donors (Lipinski definition) is 1. The standard InChI is InChI=1S/C16H24N2/c1-12-5-2-3-8-15(12)16(17)11-18-9-13-6-4-7-14(13)10-18/h2-3,5,8,13-14,16H,4,6-7,9-11,17H2,1H3. The predicted molar refractivity (Wildman–Crippen MR) is 75.4 cm³/mol. The Bertz CT molecular complexity index is 403. The predicted octanol–water partition coefficient (Wildman–Crippen LogP) is 2.73. The molecule has 0 amide bonds. The van der Waals surface area contributed by atoms with E-state index in [0.717, 1.165) is 18.4 Å². The topological polar surface area (TPSA) is 29.3 Å². The maximum absolute atomic E-state index is 6.38. The monoisotopic (exact) mass is 244 g/mol. The fraction of sp³-hybridized carbons (Fsp3) is 0.625. The lowest BCUT2D eigenvalue weighted by Gasteiger charge is -2.22. The number of likely N-dealkylation sites (tertiary alicyclic amines) is 1. The Morgan fingerprint density at radius 3 is 2.56 bits per heavy atom. The van der Waals surface area contributed by atoms with E-state index in [0.29, 0.717) is 0 Å². The van der Waals surface area contributed by atoms with E-state index < -0.39 is 0 Å². The summed E-state index contributed by atoms with van der Waals surface area (Å²) in [4.78, 5) is 2.59. The van der Waals surface area contributed by atoms with E-state index in [-0.39, 0.29) is 6.04 Å². The van der Waals surface area contributed by atoms with Crippen molar-refractivity contribution in [3.63, 3.8) is 0 Å². The lowest BCUT2D eigenvalue weighted by Crippen LogP contribution is -2.31. The molecule has 1 saturated carbocycles. The van der Waals surface area contributed by atoms with Crippen LogP contribution in [0.1, 0.15) is 36.4 Å². The van der Waals surface area contributed by atoms with Crippen molar-refractivity contribution >= 4 is 0 Å². The molecule has 2 aliphatic rings. The normalized spacial score (nSPS) is 29.4. The first kappa shape index (κ1) is 12.2. The molecule has 2 nitrogen and oxygen atoms in total. The Kier molecular flexibility index (Phi) is 3.40. The zero-order valence-corrected chi connectivity index (χ0v) is 11.3. The van der Waals surface area contributed by atoms with Gasteiger partial charge in [0.2, 0.25) is 0 Å². The quantitative estimate of drug-likeness (QED) is 0.886. The molecule has 3 unspecified atom stereocenters. The van der Waals surface area contributed by atoms with Gasteiger partial charge in [-0.1, -0.05) is 30.7 Å². The molecule has 3 rings (SSSR count). The average molecular weight is 244 g/mol. The Morgan fingerprint density at radius 2 is 1.89 bits per heavy atom. The summed E-state index contributed by atoms with van der Waals surface area (Å²) in [7, 11) is 0. The molecule has 1 aromatic rings. The van der Waals surface area contributed by atoms with Crippen molar-refractivity contribution < 1.29 is 0 Å². The van der Waals surface area contributed by atoms with Crippen molar-refractivity contribution in [1.29, 1.82) is 0 Å². The molecule has 2 N–H and O–H groups in total. The van der Waals surface area contributed by atoms with Crippen LogP contribution in [0.3, 0.4) is 0 Å². The van der Waals surface area contributed by atoms with E-state index >= 15 is 0 Å². The third kappa shape index (κ3) is 2.32. The van der Waals surface area contributed by atoms with Gasteiger partial charge in [0, 0.05) is 25.7 Å². The minimum atomic E-state index is 0.171. The Balaban J connectivity index is 1.62. The van der Waals surface area contributed by atoms with Crippen molar-refractivity contribution in [2.24, 2.45) is 17.6 Å². The number of fused-ring (bicyclic) bond motifs is 1. The van der Waals surface area contributed by atoms with Gasteiger partial charge in [0.15, 0.2) is 0 Å². The molecular weight excluding hydrogens is 220 g/mol. The second kappa shape index (κ2) is 5.02. The van der Waals surface area contributed by atoms with Gasteiger partial charge >= 0.3 is 0 Å². The molecule has 1 aliphatic carbocycles. The second-order valence-corrected chi connectivity index (χ2v) is 6.13. The third-order valence-electron chi connectivity index (χ3n) is 4.84. The van der Waals surface area contributed by atoms with Crippen molar-refractivity contribution in [1.82, 2.24) is 4.90 Å². The van der Waals surface area contributed by atoms with Gasteiger partial charge in [0.25, 0.3) is 0 Å². The van der Waals surface area contributed by atoms with Gasteiger partial charge in [0.05, 0.1) is 0 Å². The van der Waals surface area contributed by atoms with Crippen LogP contribution in [0.5, 0.6) is 0 Å². The molecule has 0 bridgehead atoms. The molecule has 1 saturated heterocycles. The highest BCUT2D eigenvalue weighted by Crippen LogP contribution is 2.38. The number of hydrogen-bond acceptors (Lipinski definition) is 2. The van der Waals surface area contributed by atoms with Crippen LogP contribution in [0.25, 0.3) is 0 Å². The smallest absolute Gasteiger partial charge is 0.0426 e. The van der Waals surface area contributed by atoms with E-state index in [1.165, 1.54) is 43.5 Å². The molecule has 0 radical (unpaired) electrons. The molecular formula is C16H24N2. The van der Waals surface area contributed by atoms with Gasteiger partial charge < -0.3 is 10.6 Å². The van der Waals surface area contributed by atoms with Crippen molar-refractivity contribution in [3.05, 3.63) is 35.4 Å². The van der Waals surface area contributed by atoms with Crippen molar-refractivity contribution in [2.45, 2.75) is 32.2 Å². The molecule has 0 aromatic heterocycles. The highest BCUT2D eigenvalue weighted by Gasteiger charge is 2.36. The molecule has 2 fully saturated rings. The largest absolute Gasteiger partial charge is 0.323 e. The first-order chi connectivity index (χ1) is 8.74. The fourth-order valence-electron chi connectivity index (χ4n) is 3.86. The third-order valence-corrected chi connectivity index (χ3v) is 4.84. The summed E-state index contributed by atoms with van der Waals surface area (Å²) in [5.74, 6) is 1.93. The minimum absolute atomic E-state index is 0.171. The summed E-state index contributed by atoms with van der Waals surface area (Å²) in [6.07, 6.45) is 4.34. The number of rotatable bonds is 3. The zero-order chi connectivity index (χ0) is 12.5. The van der Waals surface area contributed by atoms with Crippen LogP contribution in [-0.2, 0) is 0 Å². The number of nitrogens with two attached hydrogens (primary N) is 1. The van der Waals surface area contributed by atoms with Crippen LogP contribution in [-0.4, -0.2) is 24.5 Å². The fourth-order valence-corrected chi connectivity index (χ4v) is 3.86. The SMILES string of the molecule is Cc1ccccc1C(N)CN1CC2CCCC2C1. The Labute approximate surface area is 110 Å². The first-order valence-electron chi connectivity index (χ1n) is 7.27. The Hall–Kier alpha value is -0.860. The molecule has 18 heavy (non-hydrogen) atoms. The van der Waals surface area contributed by atoms with Crippen molar-refractivity contribution in [2.75, 3.05) is 19.6 Å². The van der Waals surface area contributed by atoms with Crippen molar-refractivity contribution in [3.8, 4) is 0 Å². The second-order valence-electron chi connectivity index (χ2n) is 6.13.